The fourth-order valence-corrected chi connectivity index (χ4v) is 3.09. The Morgan fingerprint density at radius 2 is 1.94 bits per heavy atom. The number of ether oxygens (including phenoxy) is 1. The molecule has 0 saturated heterocycles. The molecule has 0 aliphatic heterocycles. The summed E-state index contributed by atoms with van der Waals surface area (Å²) < 4.78 is 6.04. The number of carbonyl (C=O) groups excluding carboxylic acids is 1. The number of thioether (sulfide) groups is 1. The fraction of sp³-hybridized carbons (Fsp3) is 0.154. The molecule has 4 heteroatoms. The Balaban J connectivity index is 2.41. The molecule has 2 aromatic carbocycles. The van der Waals surface area contributed by atoms with E-state index in [0.29, 0.717) is 0 Å². The summed E-state index contributed by atoms with van der Waals surface area (Å²) >= 11 is 3.55. The summed E-state index contributed by atoms with van der Waals surface area (Å²) in [6.07, 6.45) is 0. The van der Waals surface area contributed by atoms with Crippen molar-refractivity contribution in [3.05, 3.63) is 40.0 Å². The highest BCUT2D eigenvalue weighted by Crippen LogP contribution is 2.31. The molecule has 0 aliphatic rings. The minimum absolute atomic E-state index is 0.0267. The van der Waals surface area contributed by atoms with Crippen molar-refractivity contribution in [2.24, 2.45) is 0 Å². The molecule has 0 bridgehead atoms. The monoisotopic (exact) mass is 358 g/mol. The second-order valence-electron chi connectivity index (χ2n) is 3.50. The number of hydrogen-bond acceptors (Lipinski definition) is 3. The molecule has 0 radical (unpaired) electrons. The highest BCUT2D eigenvalue weighted by molar-refractivity contribution is 14.1. The summed E-state index contributed by atoms with van der Waals surface area (Å²) in [5, 5.41) is 2.33. The summed E-state index contributed by atoms with van der Waals surface area (Å²) in [7, 11) is 1.53. The van der Waals surface area contributed by atoms with Gasteiger partial charge in [0.1, 0.15) is 6.61 Å². The lowest BCUT2D eigenvalue weighted by Crippen LogP contribution is -2.01. The topological polar surface area (TPSA) is 26.3 Å². The zero-order valence-corrected chi connectivity index (χ0v) is 12.2. The molecule has 0 saturated carbocycles. The summed E-state index contributed by atoms with van der Waals surface area (Å²) in [6, 6.07) is 12.1. The molecule has 0 amide bonds. The first-order valence-electron chi connectivity index (χ1n) is 5.09. The van der Waals surface area contributed by atoms with Gasteiger partial charge in [0.15, 0.2) is 0 Å². The molecule has 2 aromatic rings. The molecule has 0 heterocycles. The van der Waals surface area contributed by atoms with Gasteiger partial charge in [-0.3, -0.25) is 4.79 Å². The summed E-state index contributed by atoms with van der Waals surface area (Å²) in [5.74, 6) is 0. The van der Waals surface area contributed by atoms with Gasteiger partial charge >= 0.3 is 0 Å². The summed E-state index contributed by atoms with van der Waals surface area (Å²) in [6.45, 7) is 0.144. The van der Waals surface area contributed by atoms with E-state index in [2.05, 4.69) is 28.7 Å². The van der Waals surface area contributed by atoms with Gasteiger partial charge in [-0.1, -0.05) is 24.3 Å². The van der Waals surface area contributed by atoms with E-state index in [4.69, 9.17) is 4.74 Å². The van der Waals surface area contributed by atoms with Crippen molar-refractivity contribution in [3.63, 3.8) is 0 Å². The molecule has 0 aliphatic carbocycles. The molecular weight excluding hydrogens is 347 g/mol. The van der Waals surface area contributed by atoms with Crippen molar-refractivity contribution >= 4 is 50.2 Å². The van der Waals surface area contributed by atoms with Crippen LogP contribution in [0.5, 0.6) is 0 Å². The van der Waals surface area contributed by atoms with Gasteiger partial charge in [-0.15, -0.1) is 0 Å². The van der Waals surface area contributed by atoms with Gasteiger partial charge in [-0.2, -0.15) is 0 Å². The van der Waals surface area contributed by atoms with E-state index in [-0.39, 0.29) is 11.7 Å². The average Bonchev–Trinajstić information content (AvgIpc) is 2.34. The number of methoxy groups -OCH3 is 1. The van der Waals surface area contributed by atoms with Gasteiger partial charge < -0.3 is 4.74 Å². The van der Waals surface area contributed by atoms with Crippen LogP contribution in [0.4, 0.5) is 0 Å². The van der Waals surface area contributed by atoms with Crippen molar-refractivity contribution in [2.45, 2.75) is 4.90 Å². The average molecular weight is 358 g/mol. The first-order valence-corrected chi connectivity index (χ1v) is 6.99. The van der Waals surface area contributed by atoms with Crippen LogP contribution in [0.15, 0.2) is 41.3 Å². The van der Waals surface area contributed by atoms with Crippen LogP contribution in [0.1, 0.15) is 0 Å². The van der Waals surface area contributed by atoms with E-state index < -0.39 is 0 Å². The lowest BCUT2D eigenvalue weighted by Gasteiger charge is -2.06. The molecule has 2 rings (SSSR count). The van der Waals surface area contributed by atoms with E-state index in [1.54, 1.807) is 0 Å². The molecule has 17 heavy (non-hydrogen) atoms. The molecular formula is C13H11IO2S. The van der Waals surface area contributed by atoms with E-state index in [9.17, 15) is 4.79 Å². The first kappa shape index (κ1) is 12.9. The van der Waals surface area contributed by atoms with Crippen LogP contribution in [0.2, 0.25) is 0 Å². The van der Waals surface area contributed by atoms with Crippen LogP contribution >= 0.6 is 34.4 Å². The Labute approximate surface area is 118 Å². The van der Waals surface area contributed by atoms with E-state index >= 15 is 0 Å². The maximum Gasteiger partial charge on any atom is 0.219 e. The maximum absolute atomic E-state index is 11.6. The molecule has 0 aromatic heterocycles. The minimum atomic E-state index is 0.0267. The lowest BCUT2D eigenvalue weighted by atomic mass is 10.1. The van der Waals surface area contributed by atoms with Gasteiger partial charge in [0.05, 0.1) is 0 Å². The van der Waals surface area contributed by atoms with Crippen LogP contribution < -0.4 is 0 Å². The van der Waals surface area contributed by atoms with Crippen molar-refractivity contribution in [1.82, 2.24) is 0 Å². The van der Waals surface area contributed by atoms with E-state index in [1.165, 1.54) is 27.8 Å². The van der Waals surface area contributed by atoms with Crippen LogP contribution in [-0.4, -0.2) is 18.8 Å². The Bertz CT molecular complexity index is 554. The summed E-state index contributed by atoms with van der Waals surface area (Å²) in [5.41, 5.74) is 0. The zero-order chi connectivity index (χ0) is 12.3. The van der Waals surface area contributed by atoms with Crippen LogP contribution in [0, 0.1) is 3.57 Å². The predicted octanol–water partition coefficient (Wildman–Crippen LogP) is 3.71. The largest absolute Gasteiger partial charge is 0.376 e. The van der Waals surface area contributed by atoms with Gasteiger partial charge in [0.2, 0.25) is 5.12 Å². The zero-order valence-electron chi connectivity index (χ0n) is 9.27. The molecule has 88 valence electrons. The maximum atomic E-state index is 11.6. The van der Waals surface area contributed by atoms with Gasteiger partial charge in [0.25, 0.3) is 0 Å². The molecule has 0 spiro atoms. The standard InChI is InChI=1S/C13H11IO2S/c1-16-8-13(15)17-12-7-6-11(14)9-4-2-3-5-10(9)12/h2-7H,8H2,1H3. The van der Waals surface area contributed by atoms with Crippen molar-refractivity contribution in [1.29, 1.82) is 0 Å². The second kappa shape index (κ2) is 5.84. The normalized spacial score (nSPS) is 10.7. The smallest absolute Gasteiger partial charge is 0.219 e. The van der Waals surface area contributed by atoms with Crippen molar-refractivity contribution < 1.29 is 9.53 Å². The van der Waals surface area contributed by atoms with Gasteiger partial charge in [-0.05, 0) is 57.3 Å². The third-order valence-corrected chi connectivity index (χ3v) is 4.18. The number of halogens is 1. The quantitative estimate of drug-likeness (QED) is 0.618. The predicted molar refractivity (Wildman–Crippen MR) is 79.4 cm³/mol. The van der Waals surface area contributed by atoms with Gasteiger partial charge in [0, 0.05) is 15.6 Å². The minimum Gasteiger partial charge on any atom is -0.376 e. The van der Waals surface area contributed by atoms with Gasteiger partial charge in [-0.25, -0.2) is 0 Å². The highest BCUT2D eigenvalue weighted by Gasteiger charge is 2.09. The van der Waals surface area contributed by atoms with Crippen molar-refractivity contribution in [3.8, 4) is 0 Å². The number of fused-ring (bicyclic) bond motifs is 1. The van der Waals surface area contributed by atoms with Crippen LogP contribution in [0.3, 0.4) is 0 Å². The Morgan fingerprint density at radius 1 is 1.24 bits per heavy atom. The highest BCUT2D eigenvalue weighted by atomic mass is 127. The van der Waals surface area contributed by atoms with Crippen LogP contribution in [0.25, 0.3) is 10.8 Å². The lowest BCUT2D eigenvalue weighted by molar-refractivity contribution is -0.114. The number of hydrogen-bond donors (Lipinski definition) is 0. The SMILES string of the molecule is COCC(=O)Sc1ccc(I)c2ccccc12. The molecule has 2 nitrogen and oxygen atoms in total. The fourth-order valence-electron chi connectivity index (χ4n) is 1.59. The Kier molecular flexibility index (Phi) is 4.42. The molecule has 0 N–H and O–H groups in total. The number of rotatable bonds is 3. The first-order chi connectivity index (χ1) is 8.22. The number of benzene rings is 2. The van der Waals surface area contributed by atoms with E-state index in [0.717, 1.165) is 10.3 Å². The van der Waals surface area contributed by atoms with Crippen molar-refractivity contribution in [2.75, 3.05) is 13.7 Å². The molecule has 0 fully saturated rings. The Hall–Kier alpha value is -0.590. The summed E-state index contributed by atoms with van der Waals surface area (Å²) in [4.78, 5) is 12.6. The third-order valence-electron chi connectivity index (χ3n) is 2.32. The Morgan fingerprint density at radius 3 is 2.65 bits per heavy atom. The second-order valence-corrected chi connectivity index (χ2v) is 5.76. The third kappa shape index (κ3) is 3.00. The number of carbonyl (C=O) groups is 1. The van der Waals surface area contributed by atoms with E-state index in [1.807, 2.05) is 30.3 Å². The molecule has 0 unspecified atom stereocenters. The van der Waals surface area contributed by atoms with Crippen LogP contribution in [-0.2, 0) is 9.53 Å². The molecule has 0 atom stereocenters.